The van der Waals surface area contributed by atoms with E-state index in [1.165, 1.54) is 12.2 Å². The minimum Gasteiger partial charge on any atom is -0.382 e. The van der Waals surface area contributed by atoms with Gasteiger partial charge in [-0.3, -0.25) is 4.99 Å². The van der Waals surface area contributed by atoms with Gasteiger partial charge in [-0.1, -0.05) is 18.2 Å². The molecule has 0 atom stereocenters. The van der Waals surface area contributed by atoms with Gasteiger partial charge < -0.3 is 16.4 Å². The van der Waals surface area contributed by atoms with Gasteiger partial charge in [0.2, 0.25) is 0 Å². The van der Waals surface area contributed by atoms with Crippen molar-refractivity contribution in [1.29, 1.82) is 5.26 Å². The highest BCUT2D eigenvalue weighted by Crippen LogP contribution is 2.21. The average Bonchev–Trinajstić information content (AvgIpc) is 3.06. The van der Waals surface area contributed by atoms with Crippen molar-refractivity contribution in [2.45, 2.75) is 32.6 Å². The molecule has 0 amide bonds. The van der Waals surface area contributed by atoms with Crippen molar-refractivity contribution in [2.24, 2.45) is 4.99 Å². The summed E-state index contributed by atoms with van der Waals surface area (Å²) in [6.45, 7) is 4.46. The Morgan fingerprint density at radius 2 is 2.03 bits per heavy atom. The fourth-order valence-corrected chi connectivity index (χ4v) is 3.39. The van der Waals surface area contributed by atoms with E-state index in [0.717, 1.165) is 43.3 Å². The topological polar surface area (TPSA) is 104 Å². The Morgan fingerprint density at radius 1 is 1.24 bits per heavy atom. The van der Waals surface area contributed by atoms with E-state index in [-0.39, 0.29) is 0 Å². The highest BCUT2D eigenvalue weighted by Gasteiger charge is 2.16. The molecule has 1 aromatic carbocycles. The van der Waals surface area contributed by atoms with Gasteiger partial charge in [-0.25, -0.2) is 4.68 Å². The Bertz CT molecular complexity index is 808. The molecular weight excluding hydrogens is 382 g/mol. The van der Waals surface area contributed by atoms with Crippen molar-refractivity contribution >= 4 is 23.5 Å². The lowest BCUT2D eigenvalue weighted by atomic mass is 10.1. The van der Waals surface area contributed by atoms with Crippen molar-refractivity contribution in [3.05, 3.63) is 41.6 Å². The van der Waals surface area contributed by atoms with Gasteiger partial charge in [-0.05, 0) is 56.7 Å². The summed E-state index contributed by atoms with van der Waals surface area (Å²) in [5.41, 5.74) is 8.19. The first-order valence-electron chi connectivity index (χ1n) is 10.0. The Balaban J connectivity index is 1.93. The van der Waals surface area contributed by atoms with Crippen LogP contribution in [-0.4, -0.2) is 47.4 Å². The molecule has 1 aromatic heterocycles. The van der Waals surface area contributed by atoms with Crippen LogP contribution in [0, 0.1) is 11.3 Å². The zero-order valence-corrected chi connectivity index (χ0v) is 18.1. The molecule has 2 rings (SSSR count). The van der Waals surface area contributed by atoms with Crippen LogP contribution in [-0.2, 0) is 6.42 Å². The molecule has 0 aliphatic rings. The second-order valence-electron chi connectivity index (χ2n) is 6.56. The summed E-state index contributed by atoms with van der Waals surface area (Å²) in [6.07, 6.45) is 5.92. The number of anilines is 1. The van der Waals surface area contributed by atoms with Crippen molar-refractivity contribution < 1.29 is 0 Å². The molecule has 4 N–H and O–H groups in total. The summed E-state index contributed by atoms with van der Waals surface area (Å²) in [5, 5.41) is 20.7. The second-order valence-corrected chi connectivity index (χ2v) is 7.54. The summed E-state index contributed by atoms with van der Waals surface area (Å²) in [5.74, 6) is 2.42. The fourth-order valence-electron chi connectivity index (χ4n) is 2.90. The molecule has 0 saturated heterocycles. The van der Waals surface area contributed by atoms with E-state index < -0.39 is 0 Å². The van der Waals surface area contributed by atoms with E-state index in [2.05, 4.69) is 40.0 Å². The van der Waals surface area contributed by atoms with E-state index in [1.807, 2.05) is 42.1 Å². The molecule has 0 aliphatic heterocycles. The third kappa shape index (κ3) is 7.02. The third-order valence-corrected chi connectivity index (χ3v) is 5.06. The van der Waals surface area contributed by atoms with Crippen molar-refractivity contribution in [1.82, 2.24) is 20.4 Å². The SMILES string of the molecule is CCNC(=NCCCc1nn(-c2ccccc2)c(N)c1C#N)NCCCCSC. The predicted molar refractivity (Wildman–Crippen MR) is 123 cm³/mol. The number of benzene rings is 1. The molecular formula is C21H31N7S. The lowest BCUT2D eigenvalue weighted by Crippen LogP contribution is -2.37. The third-order valence-electron chi connectivity index (χ3n) is 4.36. The predicted octanol–water partition coefficient (Wildman–Crippen LogP) is 2.96. The molecule has 0 fully saturated rings. The number of aryl methyl sites for hydroxylation is 1. The fraction of sp³-hybridized carbons (Fsp3) is 0.476. The highest BCUT2D eigenvalue weighted by molar-refractivity contribution is 7.98. The summed E-state index contributed by atoms with van der Waals surface area (Å²) < 4.78 is 1.64. The number of thioether (sulfide) groups is 1. The first kappa shape index (κ1) is 22.6. The monoisotopic (exact) mass is 413 g/mol. The van der Waals surface area contributed by atoms with Gasteiger partial charge in [0.05, 0.1) is 11.4 Å². The van der Waals surface area contributed by atoms with Crippen LogP contribution in [0.2, 0.25) is 0 Å². The van der Waals surface area contributed by atoms with Gasteiger partial charge in [0.1, 0.15) is 17.5 Å². The summed E-state index contributed by atoms with van der Waals surface area (Å²) in [7, 11) is 0. The summed E-state index contributed by atoms with van der Waals surface area (Å²) in [4.78, 5) is 4.63. The van der Waals surface area contributed by atoms with E-state index in [1.54, 1.807) is 4.68 Å². The molecule has 156 valence electrons. The zero-order chi connectivity index (χ0) is 20.9. The van der Waals surface area contributed by atoms with E-state index >= 15 is 0 Å². The molecule has 0 spiro atoms. The summed E-state index contributed by atoms with van der Waals surface area (Å²) >= 11 is 1.88. The summed E-state index contributed by atoms with van der Waals surface area (Å²) in [6, 6.07) is 11.8. The molecule has 0 radical (unpaired) electrons. The van der Waals surface area contributed by atoms with Gasteiger partial charge in [0, 0.05) is 19.6 Å². The first-order valence-corrected chi connectivity index (χ1v) is 11.4. The highest BCUT2D eigenvalue weighted by atomic mass is 32.2. The van der Waals surface area contributed by atoms with Gasteiger partial charge >= 0.3 is 0 Å². The lowest BCUT2D eigenvalue weighted by Gasteiger charge is -2.11. The Morgan fingerprint density at radius 3 is 2.72 bits per heavy atom. The first-order chi connectivity index (χ1) is 14.2. The molecule has 8 heteroatoms. The van der Waals surface area contributed by atoms with Gasteiger partial charge in [0.15, 0.2) is 5.96 Å². The number of nitrogens with one attached hydrogen (secondary N) is 2. The largest absolute Gasteiger partial charge is 0.382 e. The number of nitrogen functional groups attached to an aromatic ring is 1. The Kier molecular flexibility index (Phi) is 9.93. The molecule has 7 nitrogen and oxygen atoms in total. The number of hydrogen-bond acceptors (Lipinski definition) is 5. The van der Waals surface area contributed by atoms with Crippen molar-refractivity contribution in [3.8, 4) is 11.8 Å². The number of hydrogen-bond donors (Lipinski definition) is 3. The Labute approximate surface area is 177 Å². The van der Waals surface area contributed by atoms with Crippen LogP contribution >= 0.6 is 11.8 Å². The zero-order valence-electron chi connectivity index (χ0n) is 17.3. The quantitative estimate of drug-likeness (QED) is 0.297. The maximum Gasteiger partial charge on any atom is 0.191 e. The van der Waals surface area contributed by atoms with Crippen LogP contribution in [0.3, 0.4) is 0 Å². The van der Waals surface area contributed by atoms with Crippen molar-refractivity contribution in [3.63, 3.8) is 0 Å². The number of guanidine groups is 1. The number of unbranched alkanes of at least 4 members (excludes halogenated alkanes) is 1. The second kappa shape index (κ2) is 12.7. The smallest absolute Gasteiger partial charge is 0.191 e. The number of aliphatic imine (C=N–C) groups is 1. The average molecular weight is 414 g/mol. The van der Waals surface area contributed by atoms with Crippen LogP contribution in [0.15, 0.2) is 35.3 Å². The van der Waals surface area contributed by atoms with Gasteiger partial charge in [-0.15, -0.1) is 0 Å². The molecule has 29 heavy (non-hydrogen) atoms. The van der Waals surface area contributed by atoms with Gasteiger partial charge in [0.25, 0.3) is 0 Å². The number of nitrogens with zero attached hydrogens (tertiary/aromatic N) is 4. The van der Waals surface area contributed by atoms with Crippen LogP contribution < -0.4 is 16.4 Å². The standard InChI is InChI=1S/C21H31N7S/c1-3-24-21(25-13-7-8-15-29-2)26-14-9-12-19-18(16-22)20(23)28(27-19)17-10-5-4-6-11-17/h4-6,10-11H,3,7-9,12-15,23H2,1-2H3,(H2,24,25,26). The van der Waals surface area contributed by atoms with Gasteiger partial charge in [-0.2, -0.15) is 22.1 Å². The number of rotatable bonds is 11. The van der Waals surface area contributed by atoms with Crippen LogP contribution in [0.25, 0.3) is 5.69 Å². The van der Waals surface area contributed by atoms with E-state index in [0.29, 0.717) is 24.3 Å². The minimum atomic E-state index is 0.387. The van der Waals surface area contributed by atoms with Crippen LogP contribution in [0.1, 0.15) is 37.4 Å². The van der Waals surface area contributed by atoms with E-state index in [9.17, 15) is 5.26 Å². The molecule has 1 heterocycles. The molecule has 0 bridgehead atoms. The molecule has 0 saturated carbocycles. The maximum absolute atomic E-state index is 9.50. The minimum absolute atomic E-state index is 0.387. The number of nitrogens with two attached hydrogens (primary N) is 1. The van der Waals surface area contributed by atoms with Crippen molar-refractivity contribution in [2.75, 3.05) is 37.4 Å². The lowest BCUT2D eigenvalue weighted by molar-refractivity contribution is 0.725. The van der Waals surface area contributed by atoms with E-state index in [4.69, 9.17) is 5.73 Å². The number of nitriles is 1. The number of para-hydroxylation sites is 1. The molecule has 2 aromatic rings. The normalized spacial score (nSPS) is 11.3. The van der Waals surface area contributed by atoms with Crippen LogP contribution in [0.4, 0.5) is 5.82 Å². The molecule has 0 unspecified atom stereocenters. The number of aromatic nitrogens is 2. The Hall–Kier alpha value is -2.66. The van der Waals surface area contributed by atoms with Crippen LogP contribution in [0.5, 0.6) is 0 Å². The maximum atomic E-state index is 9.50. The molecule has 0 aliphatic carbocycles.